The number of nitrogens with one attached hydrogen (secondary N) is 1. The summed E-state index contributed by atoms with van der Waals surface area (Å²) in [5.41, 5.74) is 1.66. The average Bonchev–Trinajstić information content (AvgIpc) is 2.80. The molecule has 0 aromatic heterocycles. The minimum atomic E-state index is -0.500. The van der Waals surface area contributed by atoms with Crippen molar-refractivity contribution >= 4 is 23.3 Å². The van der Waals surface area contributed by atoms with E-state index in [1.54, 1.807) is 72.8 Å². The Morgan fingerprint density at radius 1 is 0.742 bits per heavy atom. The van der Waals surface area contributed by atoms with Gasteiger partial charge in [0.15, 0.2) is 5.78 Å². The molecule has 6 nitrogen and oxygen atoms in total. The van der Waals surface area contributed by atoms with Gasteiger partial charge in [0.1, 0.15) is 11.5 Å². The molecule has 3 aromatic rings. The van der Waals surface area contributed by atoms with Crippen LogP contribution < -0.4 is 14.8 Å². The number of carbonyl (C=O) groups is 3. The Morgan fingerprint density at radius 3 is 2.03 bits per heavy atom. The minimum absolute atomic E-state index is 0.0292. The van der Waals surface area contributed by atoms with E-state index in [0.29, 0.717) is 34.9 Å². The molecule has 0 spiro atoms. The van der Waals surface area contributed by atoms with Crippen molar-refractivity contribution in [1.82, 2.24) is 0 Å². The topological polar surface area (TPSA) is 81.7 Å². The third-order valence-electron chi connectivity index (χ3n) is 4.42. The Labute approximate surface area is 180 Å². The Bertz CT molecular complexity index is 1030. The third kappa shape index (κ3) is 6.54. The quantitative estimate of drug-likeness (QED) is 0.304. The van der Waals surface area contributed by atoms with E-state index < -0.39 is 5.97 Å². The standard InChI is InChI=1S/C25H23NO5/c1-2-30-21-12-8-18(9-13-21)23(27)16-17-24(28)31-22-14-10-20(11-15-22)26-25(29)19-6-4-3-5-7-19/h3-15H,2,16-17H2,1H3,(H,26,29). The van der Waals surface area contributed by atoms with Crippen molar-refractivity contribution in [3.05, 3.63) is 90.0 Å². The van der Waals surface area contributed by atoms with E-state index in [4.69, 9.17) is 9.47 Å². The summed E-state index contributed by atoms with van der Waals surface area (Å²) in [5, 5.41) is 2.78. The summed E-state index contributed by atoms with van der Waals surface area (Å²) in [7, 11) is 0. The van der Waals surface area contributed by atoms with Crippen LogP contribution in [0.5, 0.6) is 11.5 Å². The maximum atomic E-state index is 12.2. The Balaban J connectivity index is 1.47. The number of rotatable bonds is 9. The molecule has 0 aliphatic heterocycles. The first-order chi connectivity index (χ1) is 15.0. The molecule has 0 bridgehead atoms. The Hall–Kier alpha value is -3.93. The number of benzene rings is 3. The lowest BCUT2D eigenvalue weighted by Gasteiger charge is -2.08. The fraction of sp³-hybridized carbons (Fsp3) is 0.160. The smallest absolute Gasteiger partial charge is 0.311 e. The van der Waals surface area contributed by atoms with E-state index in [0.717, 1.165) is 0 Å². The molecule has 1 N–H and O–H groups in total. The van der Waals surface area contributed by atoms with E-state index >= 15 is 0 Å². The van der Waals surface area contributed by atoms with Gasteiger partial charge in [-0.2, -0.15) is 0 Å². The summed E-state index contributed by atoms with van der Waals surface area (Å²) < 4.78 is 10.6. The van der Waals surface area contributed by atoms with Crippen molar-refractivity contribution in [1.29, 1.82) is 0 Å². The van der Waals surface area contributed by atoms with Gasteiger partial charge in [-0.1, -0.05) is 18.2 Å². The Kier molecular flexibility index (Phi) is 7.54. The summed E-state index contributed by atoms with van der Waals surface area (Å²) in [6, 6.07) is 22.2. The molecule has 0 heterocycles. The molecule has 0 radical (unpaired) electrons. The number of anilines is 1. The van der Waals surface area contributed by atoms with Gasteiger partial charge in [0.2, 0.25) is 0 Å². The first-order valence-electron chi connectivity index (χ1n) is 9.98. The molecule has 0 unspecified atom stereocenters. The summed E-state index contributed by atoms with van der Waals surface area (Å²) >= 11 is 0. The van der Waals surface area contributed by atoms with Crippen molar-refractivity contribution in [2.24, 2.45) is 0 Å². The largest absolute Gasteiger partial charge is 0.494 e. The fourth-order valence-corrected chi connectivity index (χ4v) is 2.85. The van der Waals surface area contributed by atoms with Crippen LogP contribution in [-0.4, -0.2) is 24.3 Å². The summed E-state index contributed by atoms with van der Waals surface area (Å²) in [5.74, 6) is 0.176. The van der Waals surface area contributed by atoms with Gasteiger partial charge < -0.3 is 14.8 Å². The number of esters is 1. The molecule has 3 aromatic carbocycles. The number of ether oxygens (including phenoxy) is 2. The zero-order chi connectivity index (χ0) is 22.1. The molecule has 0 aliphatic rings. The van der Waals surface area contributed by atoms with Crippen molar-refractivity contribution in [3.8, 4) is 11.5 Å². The summed E-state index contributed by atoms with van der Waals surface area (Å²) in [4.78, 5) is 36.5. The number of hydrogen-bond acceptors (Lipinski definition) is 5. The van der Waals surface area contributed by atoms with E-state index in [-0.39, 0.29) is 24.5 Å². The molecule has 0 atom stereocenters. The maximum absolute atomic E-state index is 12.2. The molecule has 31 heavy (non-hydrogen) atoms. The molecule has 1 amide bonds. The van der Waals surface area contributed by atoms with Crippen molar-refractivity contribution in [2.75, 3.05) is 11.9 Å². The highest BCUT2D eigenvalue weighted by Crippen LogP contribution is 2.18. The van der Waals surface area contributed by atoms with Gasteiger partial charge in [0.05, 0.1) is 13.0 Å². The van der Waals surface area contributed by atoms with Gasteiger partial charge in [-0.3, -0.25) is 14.4 Å². The molecule has 158 valence electrons. The van der Waals surface area contributed by atoms with Gasteiger partial charge in [-0.25, -0.2) is 0 Å². The molecule has 0 saturated heterocycles. The average molecular weight is 417 g/mol. The molecule has 3 rings (SSSR count). The number of amides is 1. The van der Waals surface area contributed by atoms with E-state index in [1.807, 2.05) is 13.0 Å². The van der Waals surface area contributed by atoms with Crippen LogP contribution in [0.25, 0.3) is 0 Å². The molecule has 6 heteroatoms. The number of hydrogen-bond donors (Lipinski definition) is 1. The zero-order valence-corrected chi connectivity index (χ0v) is 17.2. The molecular formula is C25H23NO5. The van der Waals surface area contributed by atoms with Crippen LogP contribution in [0.3, 0.4) is 0 Å². The predicted molar refractivity (Wildman–Crippen MR) is 118 cm³/mol. The van der Waals surface area contributed by atoms with Gasteiger partial charge >= 0.3 is 5.97 Å². The van der Waals surface area contributed by atoms with Gasteiger partial charge in [-0.05, 0) is 67.6 Å². The van der Waals surface area contributed by atoms with Crippen LogP contribution >= 0.6 is 0 Å². The lowest BCUT2D eigenvalue weighted by molar-refractivity contribution is -0.134. The maximum Gasteiger partial charge on any atom is 0.311 e. The predicted octanol–water partition coefficient (Wildman–Crippen LogP) is 4.91. The molecule has 0 fully saturated rings. The third-order valence-corrected chi connectivity index (χ3v) is 4.42. The van der Waals surface area contributed by atoms with Gasteiger partial charge in [-0.15, -0.1) is 0 Å². The first kappa shape index (κ1) is 21.8. The van der Waals surface area contributed by atoms with E-state index in [2.05, 4.69) is 5.32 Å². The molecule has 0 saturated carbocycles. The summed E-state index contributed by atoms with van der Waals surface area (Å²) in [6.45, 7) is 2.44. The van der Waals surface area contributed by atoms with Gasteiger partial charge in [0.25, 0.3) is 5.91 Å². The number of Topliss-reactive ketones (excluding diaryl/α,β-unsaturated/α-hetero) is 1. The first-order valence-corrected chi connectivity index (χ1v) is 9.98. The van der Waals surface area contributed by atoms with Crippen LogP contribution in [0.1, 0.15) is 40.5 Å². The lowest BCUT2D eigenvalue weighted by atomic mass is 10.1. The van der Waals surface area contributed by atoms with Crippen LogP contribution in [0.2, 0.25) is 0 Å². The Morgan fingerprint density at radius 2 is 1.39 bits per heavy atom. The number of carbonyl (C=O) groups excluding carboxylic acids is 3. The zero-order valence-electron chi connectivity index (χ0n) is 17.2. The second-order valence-electron chi connectivity index (χ2n) is 6.70. The van der Waals surface area contributed by atoms with Gasteiger partial charge in [0, 0.05) is 23.2 Å². The van der Waals surface area contributed by atoms with Crippen LogP contribution in [0, 0.1) is 0 Å². The van der Waals surface area contributed by atoms with Crippen LogP contribution in [0.4, 0.5) is 5.69 Å². The van der Waals surface area contributed by atoms with Crippen molar-refractivity contribution in [2.45, 2.75) is 19.8 Å². The van der Waals surface area contributed by atoms with Crippen LogP contribution in [0.15, 0.2) is 78.9 Å². The second kappa shape index (κ2) is 10.7. The molecular weight excluding hydrogens is 394 g/mol. The minimum Gasteiger partial charge on any atom is -0.494 e. The lowest BCUT2D eigenvalue weighted by Crippen LogP contribution is -2.12. The highest BCUT2D eigenvalue weighted by atomic mass is 16.5. The van der Waals surface area contributed by atoms with Crippen molar-refractivity contribution < 1.29 is 23.9 Å². The van der Waals surface area contributed by atoms with E-state index in [1.165, 1.54) is 0 Å². The highest BCUT2D eigenvalue weighted by Gasteiger charge is 2.12. The highest BCUT2D eigenvalue weighted by molar-refractivity contribution is 6.04. The second-order valence-corrected chi connectivity index (χ2v) is 6.70. The fourth-order valence-electron chi connectivity index (χ4n) is 2.85. The van der Waals surface area contributed by atoms with Crippen LogP contribution in [-0.2, 0) is 4.79 Å². The normalized spacial score (nSPS) is 10.2. The monoisotopic (exact) mass is 417 g/mol. The van der Waals surface area contributed by atoms with E-state index in [9.17, 15) is 14.4 Å². The summed E-state index contributed by atoms with van der Waals surface area (Å²) in [6.07, 6.45) is 0.0244. The molecule has 0 aliphatic carbocycles. The number of ketones is 1. The van der Waals surface area contributed by atoms with Crippen molar-refractivity contribution in [3.63, 3.8) is 0 Å². The SMILES string of the molecule is CCOc1ccc(C(=O)CCC(=O)Oc2ccc(NC(=O)c3ccccc3)cc2)cc1.